The second-order valence-electron chi connectivity index (χ2n) is 4.59. The van der Waals surface area contributed by atoms with Gasteiger partial charge in [0.2, 0.25) is 10.0 Å². The van der Waals surface area contributed by atoms with E-state index in [4.69, 9.17) is 0 Å². The highest BCUT2D eigenvalue weighted by Gasteiger charge is 2.42. The Morgan fingerprint density at radius 3 is 2.48 bits per heavy atom. The number of rotatable bonds is 3. The average molecular weight is 322 g/mol. The summed E-state index contributed by atoms with van der Waals surface area (Å²) >= 11 is 0. The molecule has 1 aliphatic rings. The van der Waals surface area contributed by atoms with Crippen molar-refractivity contribution in [2.75, 3.05) is 6.54 Å². The fraction of sp³-hybridized carbons (Fsp3) is 0.417. The molecule has 1 heterocycles. The Labute approximate surface area is 119 Å². The summed E-state index contributed by atoms with van der Waals surface area (Å²) in [5, 5.41) is 10.9. The Morgan fingerprint density at radius 1 is 1.29 bits per heavy atom. The molecule has 2 rings (SSSR count). The van der Waals surface area contributed by atoms with E-state index in [1.165, 1.54) is 0 Å². The van der Waals surface area contributed by atoms with Crippen molar-refractivity contribution in [3.63, 3.8) is 0 Å². The number of carbonyl (C=O) groups is 1. The van der Waals surface area contributed by atoms with E-state index < -0.39 is 38.7 Å². The maximum Gasteiger partial charge on any atom is 0.417 e. The minimum Gasteiger partial charge on any atom is -0.548 e. The van der Waals surface area contributed by atoms with Crippen LogP contribution in [0.15, 0.2) is 29.2 Å². The molecule has 1 aromatic carbocycles. The molecule has 5 nitrogen and oxygen atoms in total. The summed E-state index contributed by atoms with van der Waals surface area (Å²) in [6, 6.07) is 2.27. The molecule has 21 heavy (non-hydrogen) atoms. The molecule has 0 saturated carbocycles. The lowest BCUT2D eigenvalue weighted by molar-refractivity contribution is -0.309. The Kier molecular flexibility index (Phi) is 3.98. The van der Waals surface area contributed by atoms with E-state index in [1.54, 1.807) is 0 Å². The number of nitrogens with zero attached hydrogens (tertiary/aromatic N) is 1. The second-order valence-corrected chi connectivity index (χ2v) is 6.45. The van der Waals surface area contributed by atoms with Crippen LogP contribution in [0, 0.1) is 0 Å². The highest BCUT2D eigenvalue weighted by molar-refractivity contribution is 7.89. The number of hydrogen-bond acceptors (Lipinski definition) is 4. The zero-order valence-corrected chi connectivity index (χ0v) is 11.4. The third kappa shape index (κ3) is 2.88. The molecule has 1 fully saturated rings. The molecule has 0 aliphatic carbocycles. The highest BCUT2D eigenvalue weighted by atomic mass is 32.2. The van der Waals surface area contributed by atoms with Gasteiger partial charge in [-0.15, -0.1) is 0 Å². The van der Waals surface area contributed by atoms with Crippen molar-refractivity contribution in [3.05, 3.63) is 29.8 Å². The molecule has 0 aromatic heterocycles. The first-order chi connectivity index (χ1) is 9.65. The zero-order chi connectivity index (χ0) is 15.8. The molecule has 0 spiro atoms. The predicted molar refractivity (Wildman–Crippen MR) is 63.4 cm³/mol. The van der Waals surface area contributed by atoms with Crippen LogP contribution in [0.2, 0.25) is 0 Å². The lowest BCUT2D eigenvalue weighted by Crippen LogP contribution is -2.47. The van der Waals surface area contributed by atoms with Gasteiger partial charge in [0.25, 0.3) is 0 Å². The third-order valence-corrected chi connectivity index (χ3v) is 5.22. The first kappa shape index (κ1) is 15.8. The molecule has 9 heteroatoms. The number of carboxylic acid groups (broad SMARTS) is 1. The van der Waals surface area contributed by atoms with Gasteiger partial charge in [-0.25, -0.2) is 8.42 Å². The minimum absolute atomic E-state index is 0.0236. The normalized spacial score (nSPS) is 20.6. The van der Waals surface area contributed by atoms with E-state index in [-0.39, 0.29) is 19.4 Å². The zero-order valence-electron chi connectivity index (χ0n) is 10.6. The number of alkyl halides is 3. The lowest BCUT2D eigenvalue weighted by Gasteiger charge is -2.26. The maximum atomic E-state index is 12.9. The molecule has 1 aliphatic heterocycles. The van der Waals surface area contributed by atoms with Gasteiger partial charge in [-0.1, -0.05) is 12.1 Å². The quantitative estimate of drug-likeness (QED) is 0.817. The number of aliphatic carboxylic acids is 1. The van der Waals surface area contributed by atoms with Crippen LogP contribution in [-0.2, 0) is 21.0 Å². The van der Waals surface area contributed by atoms with Crippen LogP contribution in [0.25, 0.3) is 0 Å². The van der Waals surface area contributed by atoms with Crippen molar-refractivity contribution < 1.29 is 31.5 Å². The molecule has 0 bridgehead atoms. The van der Waals surface area contributed by atoms with Crippen molar-refractivity contribution in [2.45, 2.75) is 30.0 Å². The van der Waals surface area contributed by atoms with Crippen LogP contribution in [0.5, 0.6) is 0 Å². The first-order valence-electron chi connectivity index (χ1n) is 6.04. The van der Waals surface area contributed by atoms with E-state index in [1.807, 2.05) is 0 Å². The Morgan fingerprint density at radius 2 is 1.90 bits per heavy atom. The lowest BCUT2D eigenvalue weighted by atomic mass is 10.2. The standard InChI is InChI=1S/C12H12F3NO4S/c13-12(14,15)8-4-1-2-6-10(8)21(19,20)16-7-3-5-9(16)11(17)18/h1-2,4,6,9H,3,5,7H2,(H,17,18)/p-1. The summed E-state index contributed by atoms with van der Waals surface area (Å²) < 4.78 is 64.0. The topological polar surface area (TPSA) is 77.5 Å². The third-order valence-electron chi connectivity index (χ3n) is 3.25. The molecule has 0 amide bonds. The highest BCUT2D eigenvalue weighted by Crippen LogP contribution is 2.36. The van der Waals surface area contributed by atoms with Crippen LogP contribution in [0.4, 0.5) is 13.2 Å². The monoisotopic (exact) mass is 322 g/mol. The molecule has 0 radical (unpaired) electrons. The van der Waals surface area contributed by atoms with Gasteiger partial charge in [-0.3, -0.25) is 0 Å². The van der Waals surface area contributed by atoms with Gasteiger partial charge < -0.3 is 9.90 Å². The SMILES string of the molecule is O=C([O-])C1CCCN1S(=O)(=O)c1ccccc1C(F)(F)F. The van der Waals surface area contributed by atoms with Crippen molar-refractivity contribution in [1.82, 2.24) is 4.31 Å². The molecule has 1 saturated heterocycles. The van der Waals surface area contributed by atoms with Crippen LogP contribution in [-0.4, -0.2) is 31.3 Å². The average Bonchev–Trinajstić information content (AvgIpc) is 2.88. The van der Waals surface area contributed by atoms with Gasteiger partial charge in [0.05, 0.1) is 22.5 Å². The first-order valence-corrected chi connectivity index (χ1v) is 7.48. The van der Waals surface area contributed by atoms with Crippen LogP contribution in [0.3, 0.4) is 0 Å². The molecule has 1 unspecified atom stereocenters. The molecular formula is C12H11F3NO4S-. The summed E-state index contributed by atoms with van der Waals surface area (Å²) in [6.07, 6.45) is -4.57. The molecule has 116 valence electrons. The van der Waals surface area contributed by atoms with Crippen molar-refractivity contribution in [3.8, 4) is 0 Å². The number of sulfonamides is 1. The van der Waals surface area contributed by atoms with Gasteiger partial charge in [0.1, 0.15) is 0 Å². The minimum atomic E-state index is -4.85. The fourth-order valence-corrected chi connectivity index (χ4v) is 4.18. The van der Waals surface area contributed by atoms with Gasteiger partial charge >= 0.3 is 6.18 Å². The summed E-state index contributed by atoms with van der Waals surface area (Å²) in [7, 11) is -4.55. The van der Waals surface area contributed by atoms with Crippen LogP contribution < -0.4 is 5.11 Å². The van der Waals surface area contributed by atoms with Crippen LogP contribution in [0.1, 0.15) is 18.4 Å². The predicted octanol–water partition coefficient (Wildman–Crippen LogP) is 0.608. The molecule has 1 aromatic rings. The number of carboxylic acids is 1. The van der Waals surface area contributed by atoms with Crippen molar-refractivity contribution in [2.24, 2.45) is 0 Å². The van der Waals surface area contributed by atoms with E-state index in [9.17, 15) is 31.5 Å². The summed E-state index contributed by atoms with van der Waals surface area (Å²) in [6.45, 7) is -0.146. The fourth-order valence-electron chi connectivity index (χ4n) is 2.32. The van der Waals surface area contributed by atoms with Crippen molar-refractivity contribution in [1.29, 1.82) is 0 Å². The summed E-state index contributed by atoms with van der Waals surface area (Å²) in [5.74, 6) is -1.61. The van der Waals surface area contributed by atoms with Gasteiger partial charge in [-0.2, -0.15) is 17.5 Å². The van der Waals surface area contributed by atoms with E-state index >= 15 is 0 Å². The summed E-state index contributed by atoms with van der Waals surface area (Å²) in [4.78, 5) is 9.99. The second kappa shape index (κ2) is 5.30. The molecule has 0 N–H and O–H groups in total. The van der Waals surface area contributed by atoms with Gasteiger partial charge in [0, 0.05) is 6.54 Å². The van der Waals surface area contributed by atoms with Gasteiger partial charge in [0.15, 0.2) is 0 Å². The van der Waals surface area contributed by atoms with Crippen LogP contribution >= 0.6 is 0 Å². The largest absolute Gasteiger partial charge is 0.548 e. The Hall–Kier alpha value is -1.61. The van der Waals surface area contributed by atoms with Crippen molar-refractivity contribution >= 4 is 16.0 Å². The Balaban J connectivity index is 2.53. The van der Waals surface area contributed by atoms with E-state index in [0.717, 1.165) is 18.2 Å². The number of hydrogen-bond donors (Lipinski definition) is 0. The maximum absolute atomic E-state index is 12.9. The molecule has 1 atom stereocenters. The number of halogens is 3. The smallest absolute Gasteiger partial charge is 0.417 e. The summed E-state index contributed by atoms with van der Waals surface area (Å²) in [5.41, 5.74) is -1.31. The molecular weight excluding hydrogens is 311 g/mol. The van der Waals surface area contributed by atoms with Gasteiger partial charge in [-0.05, 0) is 25.0 Å². The number of carbonyl (C=O) groups excluding carboxylic acids is 1. The number of benzene rings is 1. The van der Waals surface area contributed by atoms with E-state index in [2.05, 4.69) is 0 Å². The van der Waals surface area contributed by atoms with E-state index in [0.29, 0.717) is 10.4 Å². The Bertz CT molecular complexity index is 657.